The second-order valence-electron chi connectivity index (χ2n) is 10.6. The van der Waals surface area contributed by atoms with Crippen LogP contribution in [0, 0.1) is 20.8 Å². The van der Waals surface area contributed by atoms with Crippen molar-refractivity contribution in [2.45, 2.75) is 33.4 Å². The lowest BCUT2D eigenvalue weighted by molar-refractivity contribution is 0.0597. The molecule has 1 aliphatic rings. The molecule has 5 nitrogen and oxygen atoms in total. The third kappa shape index (κ3) is 6.05. The summed E-state index contributed by atoms with van der Waals surface area (Å²) in [6.07, 6.45) is 0. The van der Waals surface area contributed by atoms with E-state index in [1.165, 1.54) is 16.7 Å². The van der Waals surface area contributed by atoms with Crippen LogP contribution >= 0.6 is 0 Å². The summed E-state index contributed by atoms with van der Waals surface area (Å²) in [6.45, 7) is 9.52. The molecule has 1 saturated heterocycles. The maximum absolute atomic E-state index is 13.6. The Morgan fingerprint density at radius 1 is 0.775 bits per heavy atom. The Balaban J connectivity index is 1.29. The van der Waals surface area contributed by atoms with Crippen molar-refractivity contribution in [3.05, 3.63) is 130 Å². The highest BCUT2D eigenvalue weighted by molar-refractivity contribution is 5.94. The molecule has 4 aromatic rings. The van der Waals surface area contributed by atoms with Crippen LogP contribution in [0.1, 0.15) is 49.8 Å². The number of methoxy groups -OCH3 is 1. The summed E-state index contributed by atoms with van der Waals surface area (Å²) in [5.41, 5.74) is 7.55. The van der Waals surface area contributed by atoms with E-state index in [1.807, 2.05) is 23.1 Å². The monoisotopic (exact) mass is 534 g/mol. The predicted molar refractivity (Wildman–Crippen MR) is 160 cm³/mol. The number of nitrogens with zero attached hydrogens (tertiary/aromatic N) is 2. The number of aryl methyl sites for hydroxylation is 2. The van der Waals surface area contributed by atoms with Crippen LogP contribution in [0.25, 0.3) is 0 Å². The second-order valence-corrected chi connectivity index (χ2v) is 10.6. The zero-order valence-electron chi connectivity index (χ0n) is 23.9. The molecule has 0 spiro atoms. The van der Waals surface area contributed by atoms with Gasteiger partial charge in [0.05, 0.1) is 13.2 Å². The van der Waals surface area contributed by atoms with Crippen molar-refractivity contribution < 1.29 is 14.3 Å². The van der Waals surface area contributed by atoms with Gasteiger partial charge in [-0.05, 0) is 72.9 Å². The maximum Gasteiger partial charge on any atom is 0.253 e. The molecule has 40 heavy (non-hydrogen) atoms. The number of piperazine rings is 1. The minimum absolute atomic E-state index is 0.0436. The molecule has 206 valence electrons. The third-order valence-electron chi connectivity index (χ3n) is 7.87. The molecule has 0 radical (unpaired) electrons. The lowest BCUT2D eigenvalue weighted by Gasteiger charge is -2.40. The van der Waals surface area contributed by atoms with Gasteiger partial charge in [-0.15, -0.1) is 0 Å². The van der Waals surface area contributed by atoms with Gasteiger partial charge in [-0.2, -0.15) is 0 Å². The number of rotatable bonds is 8. The van der Waals surface area contributed by atoms with Crippen LogP contribution in [0.3, 0.4) is 0 Å². The van der Waals surface area contributed by atoms with Gasteiger partial charge in [0.2, 0.25) is 0 Å². The fraction of sp³-hybridized carbons (Fsp3) is 0.286. The van der Waals surface area contributed by atoms with Crippen LogP contribution in [0.2, 0.25) is 0 Å². The fourth-order valence-corrected chi connectivity index (χ4v) is 5.58. The number of ether oxygens (including phenoxy) is 2. The first-order chi connectivity index (χ1) is 19.4. The van der Waals surface area contributed by atoms with Gasteiger partial charge in [-0.1, -0.05) is 66.7 Å². The number of carbonyl (C=O) groups is 1. The molecule has 1 fully saturated rings. The second kappa shape index (κ2) is 12.4. The quantitative estimate of drug-likeness (QED) is 0.251. The van der Waals surface area contributed by atoms with Gasteiger partial charge in [0.15, 0.2) is 0 Å². The van der Waals surface area contributed by atoms with E-state index in [4.69, 9.17) is 9.47 Å². The average Bonchev–Trinajstić information content (AvgIpc) is 2.99. The maximum atomic E-state index is 13.6. The summed E-state index contributed by atoms with van der Waals surface area (Å²) >= 11 is 0. The highest BCUT2D eigenvalue weighted by Gasteiger charge is 2.29. The van der Waals surface area contributed by atoms with Crippen LogP contribution < -0.4 is 9.47 Å². The van der Waals surface area contributed by atoms with E-state index < -0.39 is 0 Å². The van der Waals surface area contributed by atoms with Crippen molar-refractivity contribution in [3.8, 4) is 11.5 Å². The minimum atomic E-state index is 0.0436. The molecular weight excluding hydrogens is 496 g/mol. The Hall–Kier alpha value is -4.09. The summed E-state index contributed by atoms with van der Waals surface area (Å²) in [7, 11) is 1.65. The van der Waals surface area contributed by atoms with Gasteiger partial charge < -0.3 is 14.4 Å². The predicted octanol–water partition coefficient (Wildman–Crippen LogP) is 6.75. The molecule has 0 unspecified atom stereocenters. The van der Waals surface area contributed by atoms with Crippen molar-refractivity contribution >= 4 is 5.91 Å². The van der Waals surface area contributed by atoms with E-state index in [0.29, 0.717) is 25.3 Å². The van der Waals surface area contributed by atoms with Crippen molar-refractivity contribution in [2.75, 3.05) is 33.3 Å². The van der Waals surface area contributed by atoms with E-state index in [9.17, 15) is 4.79 Å². The smallest absolute Gasteiger partial charge is 0.253 e. The Bertz CT molecular complexity index is 1410. The van der Waals surface area contributed by atoms with Crippen LogP contribution in [0.4, 0.5) is 0 Å². The van der Waals surface area contributed by atoms with Crippen molar-refractivity contribution in [1.82, 2.24) is 9.80 Å². The van der Waals surface area contributed by atoms with Gasteiger partial charge in [0, 0.05) is 37.3 Å². The van der Waals surface area contributed by atoms with Crippen molar-refractivity contribution in [1.29, 1.82) is 0 Å². The molecule has 0 N–H and O–H groups in total. The van der Waals surface area contributed by atoms with E-state index in [0.717, 1.165) is 41.3 Å². The van der Waals surface area contributed by atoms with Crippen LogP contribution in [0.15, 0.2) is 91.0 Å². The number of amides is 1. The molecule has 0 aliphatic carbocycles. The largest absolute Gasteiger partial charge is 0.496 e. The van der Waals surface area contributed by atoms with Crippen LogP contribution in [0.5, 0.6) is 11.5 Å². The number of hydrogen-bond donors (Lipinski definition) is 0. The molecular formula is C35H38N2O3. The average molecular weight is 535 g/mol. The molecule has 0 bridgehead atoms. The molecule has 1 amide bonds. The minimum Gasteiger partial charge on any atom is -0.496 e. The molecule has 0 saturated carbocycles. The molecule has 1 heterocycles. The summed E-state index contributed by atoms with van der Waals surface area (Å²) < 4.78 is 11.8. The normalized spacial score (nSPS) is 13.9. The van der Waals surface area contributed by atoms with Gasteiger partial charge in [0.25, 0.3) is 5.91 Å². The summed E-state index contributed by atoms with van der Waals surface area (Å²) in [5.74, 6) is 1.62. The summed E-state index contributed by atoms with van der Waals surface area (Å²) in [4.78, 5) is 18.1. The van der Waals surface area contributed by atoms with E-state index in [-0.39, 0.29) is 11.9 Å². The zero-order valence-corrected chi connectivity index (χ0v) is 23.9. The first kappa shape index (κ1) is 27.5. The van der Waals surface area contributed by atoms with Crippen LogP contribution in [-0.4, -0.2) is 49.0 Å². The van der Waals surface area contributed by atoms with E-state index >= 15 is 0 Å². The topological polar surface area (TPSA) is 42.0 Å². The number of hydrogen-bond acceptors (Lipinski definition) is 4. The van der Waals surface area contributed by atoms with Gasteiger partial charge >= 0.3 is 0 Å². The molecule has 0 aromatic heterocycles. The highest BCUT2D eigenvalue weighted by atomic mass is 16.5. The Morgan fingerprint density at radius 3 is 2.00 bits per heavy atom. The van der Waals surface area contributed by atoms with E-state index in [2.05, 4.69) is 98.5 Å². The third-order valence-corrected chi connectivity index (χ3v) is 7.87. The summed E-state index contributed by atoms with van der Waals surface area (Å²) in [6, 6.07) is 31.3. The lowest BCUT2D eigenvalue weighted by atomic mass is 9.96. The van der Waals surface area contributed by atoms with Crippen molar-refractivity contribution in [3.63, 3.8) is 0 Å². The number of carbonyl (C=O) groups excluding carboxylic acids is 1. The fourth-order valence-electron chi connectivity index (χ4n) is 5.58. The Labute approximate surface area is 238 Å². The molecule has 0 atom stereocenters. The molecule has 1 aliphatic heterocycles. The molecule has 4 aromatic carbocycles. The zero-order chi connectivity index (χ0) is 28.1. The van der Waals surface area contributed by atoms with Gasteiger partial charge in [-0.3, -0.25) is 9.69 Å². The Morgan fingerprint density at radius 2 is 1.40 bits per heavy atom. The van der Waals surface area contributed by atoms with E-state index in [1.54, 1.807) is 7.11 Å². The van der Waals surface area contributed by atoms with Crippen LogP contribution in [-0.2, 0) is 6.61 Å². The first-order valence-corrected chi connectivity index (χ1v) is 14.0. The summed E-state index contributed by atoms with van der Waals surface area (Å²) in [5, 5.41) is 0. The standard InChI is InChI=1S/C35H38N2O3/c1-25-21-26(2)27(3)33(22-25)40-24-31-23-30(15-16-32(31)39-4)35(38)37-19-17-36(18-20-37)34(28-11-7-5-8-12-28)29-13-9-6-10-14-29/h5-16,21-23,34H,17-20,24H2,1-4H3. The molecule has 5 rings (SSSR count). The van der Waals surface area contributed by atoms with Gasteiger partial charge in [-0.25, -0.2) is 0 Å². The Kier molecular flexibility index (Phi) is 8.51. The van der Waals surface area contributed by atoms with Gasteiger partial charge in [0.1, 0.15) is 18.1 Å². The number of benzene rings is 4. The van der Waals surface area contributed by atoms with Crippen molar-refractivity contribution in [2.24, 2.45) is 0 Å². The molecule has 5 heteroatoms. The SMILES string of the molecule is COc1ccc(C(=O)N2CCN(C(c3ccccc3)c3ccccc3)CC2)cc1COc1cc(C)cc(C)c1C. The lowest BCUT2D eigenvalue weighted by Crippen LogP contribution is -2.49. The first-order valence-electron chi connectivity index (χ1n) is 14.0. The highest BCUT2D eigenvalue weighted by Crippen LogP contribution is 2.30.